The molecule has 2 aromatic carbocycles. The molecular formula is C35H42N14O2. The normalized spacial score (nSPS) is 11.0. The summed E-state index contributed by atoms with van der Waals surface area (Å²) in [6.45, 7) is 10.4. The number of amides is 1. The second-order valence-corrected chi connectivity index (χ2v) is 12.6. The van der Waals surface area contributed by atoms with Gasteiger partial charge in [-0.1, -0.05) is 24.3 Å². The van der Waals surface area contributed by atoms with Gasteiger partial charge in [-0.15, -0.1) is 0 Å². The molecule has 16 heteroatoms. The van der Waals surface area contributed by atoms with Gasteiger partial charge < -0.3 is 26.4 Å². The molecule has 0 aliphatic heterocycles. The van der Waals surface area contributed by atoms with Crippen molar-refractivity contribution in [1.82, 2.24) is 54.8 Å². The Morgan fingerprint density at radius 1 is 0.745 bits per heavy atom. The lowest BCUT2D eigenvalue weighted by molar-refractivity contribution is 0.0523. The van der Waals surface area contributed by atoms with Gasteiger partial charge in [-0.3, -0.25) is 9.36 Å². The predicted molar refractivity (Wildman–Crippen MR) is 194 cm³/mol. The van der Waals surface area contributed by atoms with Crippen LogP contribution in [0.1, 0.15) is 43.0 Å². The van der Waals surface area contributed by atoms with Crippen molar-refractivity contribution in [2.24, 2.45) is 19.8 Å². The average Bonchev–Trinajstić information content (AvgIpc) is 3.70. The van der Waals surface area contributed by atoms with E-state index in [0.29, 0.717) is 48.3 Å². The van der Waals surface area contributed by atoms with Gasteiger partial charge in [0.25, 0.3) is 0 Å². The summed E-state index contributed by atoms with van der Waals surface area (Å²) in [7, 11) is 3.69. The number of benzene rings is 2. The van der Waals surface area contributed by atoms with E-state index < -0.39 is 11.7 Å². The smallest absolute Gasteiger partial charge is 0.407 e. The average molecular weight is 691 g/mol. The fraction of sp³-hybridized carbons (Fsp3) is 0.286. The maximum atomic E-state index is 11.8. The number of alkyl carbamates (subject to hydrolysis) is 1. The Morgan fingerprint density at radius 2 is 1.24 bits per heavy atom. The Labute approximate surface area is 296 Å². The molecule has 0 atom stereocenters. The molecule has 1 amide bonds. The molecule has 0 bridgehead atoms. The summed E-state index contributed by atoms with van der Waals surface area (Å²) in [6.07, 6.45) is 6.18. The number of anilines is 4. The molecule has 0 aliphatic carbocycles. The zero-order valence-corrected chi connectivity index (χ0v) is 29.7. The zero-order chi connectivity index (χ0) is 36.5. The number of nitrogens with two attached hydrogens (primary N) is 1. The Morgan fingerprint density at radius 3 is 1.65 bits per heavy atom. The van der Waals surface area contributed by atoms with Crippen LogP contribution < -0.4 is 21.7 Å². The minimum Gasteiger partial charge on any atom is -0.444 e. The molecule has 0 aliphatic rings. The number of ether oxygens (including phenoxy) is 1. The summed E-state index contributed by atoms with van der Waals surface area (Å²) < 4.78 is 8.67. The van der Waals surface area contributed by atoms with Gasteiger partial charge in [0.2, 0.25) is 11.9 Å². The number of carbonyl (C=O) groups is 1. The number of aryl methyl sites for hydroxylation is 4. The summed E-state index contributed by atoms with van der Waals surface area (Å²) in [5.41, 5.74) is 11.2. The van der Waals surface area contributed by atoms with Gasteiger partial charge >= 0.3 is 6.09 Å². The zero-order valence-electron chi connectivity index (χ0n) is 29.7. The van der Waals surface area contributed by atoms with Crippen LogP contribution in [0.3, 0.4) is 0 Å². The van der Waals surface area contributed by atoms with Crippen LogP contribution in [0.15, 0.2) is 73.6 Å². The summed E-state index contributed by atoms with van der Waals surface area (Å²) in [5.74, 6) is 3.39. The van der Waals surface area contributed by atoms with Crippen LogP contribution in [-0.4, -0.2) is 61.2 Å². The van der Waals surface area contributed by atoms with Crippen LogP contribution in [0.5, 0.6) is 0 Å². The van der Waals surface area contributed by atoms with Crippen molar-refractivity contribution in [3.63, 3.8) is 0 Å². The van der Waals surface area contributed by atoms with Crippen molar-refractivity contribution in [1.29, 1.82) is 0 Å². The van der Waals surface area contributed by atoms with Crippen molar-refractivity contribution in [2.45, 2.75) is 53.3 Å². The minimum absolute atomic E-state index is 0.380. The van der Waals surface area contributed by atoms with E-state index in [1.165, 1.54) is 12.7 Å². The van der Waals surface area contributed by atoms with E-state index in [4.69, 9.17) is 10.5 Å². The minimum atomic E-state index is -0.525. The van der Waals surface area contributed by atoms with Crippen molar-refractivity contribution >= 4 is 29.6 Å². The van der Waals surface area contributed by atoms with Gasteiger partial charge in [0.05, 0.1) is 0 Å². The second kappa shape index (κ2) is 15.9. The van der Waals surface area contributed by atoms with Crippen molar-refractivity contribution < 1.29 is 9.53 Å². The van der Waals surface area contributed by atoms with Crippen molar-refractivity contribution in [2.75, 3.05) is 10.6 Å². The van der Waals surface area contributed by atoms with Gasteiger partial charge in [-0.05, 0) is 69.0 Å². The van der Waals surface area contributed by atoms with Crippen molar-refractivity contribution in [3.05, 3.63) is 95.8 Å². The largest absolute Gasteiger partial charge is 0.444 e. The van der Waals surface area contributed by atoms with E-state index in [0.717, 1.165) is 33.4 Å². The first-order valence-corrected chi connectivity index (χ1v) is 16.1. The third-order valence-corrected chi connectivity index (χ3v) is 7.29. The Bertz CT molecular complexity index is 2100. The Hall–Kier alpha value is -6.29. The fourth-order valence-corrected chi connectivity index (χ4v) is 4.76. The SMILES string of the molecule is Cc1cc(-c2ncnc(Nc3ccn(C)n3)n2)ccc1CN.Cc1cc(-c2ncnc(Nc3ccn(C)n3)n2)ccc1CNC(=O)OC(C)(C)C. The topological polar surface area (TPSA) is 201 Å². The van der Waals surface area contributed by atoms with Gasteiger partial charge in [0.15, 0.2) is 23.3 Å². The molecule has 4 heterocycles. The molecule has 0 radical (unpaired) electrons. The molecular weight excluding hydrogens is 648 g/mol. The first-order chi connectivity index (χ1) is 24.3. The van der Waals surface area contributed by atoms with Gasteiger partial charge in [-0.25, -0.2) is 24.7 Å². The van der Waals surface area contributed by atoms with Crippen LogP contribution >= 0.6 is 0 Å². The molecule has 264 valence electrons. The molecule has 5 N–H and O–H groups in total. The van der Waals surface area contributed by atoms with Crippen LogP contribution in [0.25, 0.3) is 22.8 Å². The van der Waals surface area contributed by atoms with Crippen LogP contribution in [0, 0.1) is 13.8 Å². The van der Waals surface area contributed by atoms with Crippen LogP contribution in [-0.2, 0) is 31.9 Å². The predicted octanol–water partition coefficient (Wildman–Crippen LogP) is 5.13. The fourth-order valence-electron chi connectivity index (χ4n) is 4.76. The molecule has 0 spiro atoms. The second-order valence-electron chi connectivity index (χ2n) is 12.6. The highest BCUT2D eigenvalue weighted by molar-refractivity contribution is 5.68. The van der Waals surface area contributed by atoms with E-state index in [1.54, 1.807) is 9.36 Å². The van der Waals surface area contributed by atoms with Gasteiger partial charge in [-0.2, -0.15) is 20.2 Å². The lowest BCUT2D eigenvalue weighted by atomic mass is 10.0. The summed E-state index contributed by atoms with van der Waals surface area (Å²) >= 11 is 0. The van der Waals surface area contributed by atoms with E-state index in [1.807, 2.05) is 110 Å². The van der Waals surface area contributed by atoms with E-state index in [2.05, 4.69) is 56.1 Å². The molecule has 0 saturated carbocycles. The van der Waals surface area contributed by atoms with Crippen molar-refractivity contribution in [3.8, 4) is 22.8 Å². The molecule has 0 unspecified atom stereocenters. The van der Waals surface area contributed by atoms with Crippen LogP contribution in [0.4, 0.5) is 28.3 Å². The number of hydrogen-bond acceptors (Lipinski definition) is 13. The molecule has 6 aromatic rings. The third kappa shape index (κ3) is 10.4. The highest BCUT2D eigenvalue weighted by Crippen LogP contribution is 2.22. The number of nitrogens with one attached hydrogen (secondary N) is 3. The number of carbonyl (C=O) groups excluding carboxylic acids is 1. The third-order valence-electron chi connectivity index (χ3n) is 7.29. The van der Waals surface area contributed by atoms with E-state index in [9.17, 15) is 4.79 Å². The van der Waals surface area contributed by atoms with E-state index >= 15 is 0 Å². The van der Waals surface area contributed by atoms with Crippen LogP contribution in [0.2, 0.25) is 0 Å². The maximum Gasteiger partial charge on any atom is 0.407 e. The monoisotopic (exact) mass is 690 g/mol. The highest BCUT2D eigenvalue weighted by Gasteiger charge is 2.16. The van der Waals surface area contributed by atoms with Gasteiger partial charge in [0, 0.05) is 62.8 Å². The van der Waals surface area contributed by atoms with Gasteiger partial charge in [0.1, 0.15) is 18.3 Å². The number of aromatic nitrogens is 10. The first kappa shape index (κ1) is 36.0. The lowest BCUT2D eigenvalue weighted by Gasteiger charge is -2.20. The summed E-state index contributed by atoms with van der Waals surface area (Å²) in [4.78, 5) is 37.5. The quantitative estimate of drug-likeness (QED) is 0.156. The maximum absolute atomic E-state index is 11.8. The molecule has 0 saturated heterocycles. The molecule has 51 heavy (non-hydrogen) atoms. The molecule has 16 nitrogen and oxygen atoms in total. The van der Waals surface area contributed by atoms with E-state index in [-0.39, 0.29) is 0 Å². The first-order valence-electron chi connectivity index (χ1n) is 16.1. The molecule has 4 aromatic heterocycles. The number of rotatable bonds is 9. The standard InChI is InChI=1S/C20H25N7O2.C15H17N7/c1-13-10-14(6-7-15(13)11-21-19(28)29-20(2,3)4)17-22-12-23-18(25-17)24-16-8-9-27(5)26-16;1-10-7-11(3-4-12(10)8-16)14-17-9-18-15(20-14)19-13-5-6-22(2)21-13/h6-10,12H,11H2,1-5H3,(H,21,28)(H,22,23,24,25,26);3-7,9H,8,16H2,1-2H3,(H,17,18,19,20,21). The number of nitrogens with zero attached hydrogens (tertiary/aromatic N) is 10. The highest BCUT2D eigenvalue weighted by atomic mass is 16.6. The summed E-state index contributed by atoms with van der Waals surface area (Å²) in [5, 5.41) is 17.4. The summed E-state index contributed by atoms with van der Waals surface area (Å²) in [6, 6.07) is 15.5. The number of hydrogen-bond donors (Lipinski definition) is 4. The lowest BCUT2D eigenvalue weighted by Crippen LogP contribution is -2.32. The Kier molecular flexibility index (Phi) is 11.3. The Balaban J connectivity index is 0.000000205. The molecule has 0 fully saturated rings. The molecule has 6 rings (SSSR count).